The molecule has 3 heterocycles. The van der Waals surface area contributed by atoms with E-state index in [-0.39, 0.29) is 17.4 Å². The number of nitrogen functional groups attached to an aromatic ring is 1. The lowest BCUT2D eigenvalue weighted by atomic mass is 9.54. The van der Waals surface area contributed by atoms with Crippen LogP contribution in [-0.2, 0) is 4.74 Å². The summed E-state index contributed by atoms with van der Waals surface area (Å²) < 4.78 is 7.27. The molecule has 8 atom stereocenters. The zero-order chi connectivity index (χ0) is 26.0. The van der Waals surface area contributed by atoms with Crippen molar-refractivity contribution in [2.24, 2.45) is 11.3 Å². The number of likely N-dealkylation sites (N-methyl/N-ethyl adjacent to an activating group) is 1. The Bertz CT molecular complexity index is 1380. The Morgan fingerprint density at radius 2 is 1.92 bits per heavy atom. The number of hydrogen-bond donors (Lipinski definition) is 3. The van der Waals surface area contributed by atoms with Crippen molar-refractivity contribution in [3.8, 4) is 0 Å². The quantitative estimate of drug-likeness (QED) is 0.403. The topological polar surface area (TPSA) is 91.8 Å². The van der Waals surface area contributed by atoms with Crippen molar-refractivity contribution >= 4 is 33.8 Å². The van der Waals surface area contributed by atoms with Crippen LogP contribution in [0.15, 0.2) is 48.2 Å². The maximum absolute atomic E-state index is 11.2. The fourth-order valence-electron chi connectivity index (χ4n) is 8.76. The van der Waals surface area contributed by atoms with Crippen LogP contribution in [0.5, 0.6) is 0 Å². The number of ether oxygens (including phenoxy) is 1. The lowest BCUT2D eigenvalue weighted by Crippen LogP contribution is -2.68. The van der Waals surface area contributed by atoms with Gasteiger partial charge in [0, 0.05) is 23.5 Å². The van der Waals surface area contributed by atoms with Crippen molar-refractivity contribution in [2.45, 2.75) is 79.8 Å². The molecule has 1 saturated heterocycles. The highest BCUT2D eigenvalue weighted by Gasteiger charge is 2.73. The second kappa shape index (κ2) is 7.57. The first-order valence-corrected chi connectivity index (χ1v) is 13.9. The number of anilines is 1. The zero-order valence-corrected chi connectivity index (χ0v) is 22.5. The lowest BCUT2D eigenvalue weighted by molar-refractivity contribution is -0.199. The van der Waals surface area contributed by atoms with Gasteiger partial charge in [0.15, 0.2) is 0 Å². The first-order valence-electron chi connectivity index (χ1n) is 13.5. The minimum atomic E-state index is -0.960. The molecule has 3 aliphatic carbocycles. The van der Waals surface area contributed by atoms with E-state index in [2.05, 4.69) is 42.3 Å². The highest BCUT2D eigenvalue weighted by atomic mass is 35.5. The summed E-state index contributed by atoms with van der Waals surface area (Å²) in [4.78, 5) is 5.63. The zero-order valence-electron chi connectivity index (χ0n) is 21.7. The van der Waals surface area contributed by atoms with Crippen LogP contribution in [0.25, 0.3) is 16.3 Å². The molecule has 5 aliphatic rings. The summed E-state index contributed by atoms with van der Waals surface area (Å²) in [6.07, 6.45) is 9.55. The summed E-state index contributed by atoms with van der Waals surface area (Å²) >= 11 is 7.56. The fraction of sp³-hybridized carbons (Fsp3) is 0.567. The normalized spacial score (nSPS) is 44.3. The Morgan fingerprint density at radius 1 is 1.11 bits per heavy atom. The van der Waals surface area contributed by atoms with Gasteiger partial charge in [0.1, 0.15) is 11.9 Å². The van der Waals surface area contributed by atoms with Gasteiger partial charge < -0.3 is 25.6 Å². The number of rotatable bonds is 2. The summed E-state index contributed by atoms with van der Waals surface area (Å²) in [6, 6.07) is 8.33. The third-order valence-corrected chi connectivity index (χ3v) is 11.3. The molecule has 7 heteroatoms. The maximum Gasteiger partial charge on any atom is 0.123 e. The van der Waals surface area contributed by atoms with Crippen LogP contribution in [0.1, 0.15) is 51.0 Å². The average molecular weight is 522 g/mol. The number of nitrogens with zero attached hydrogens (tertiary/aromatic N) is 2. The van der Waals surface area contributed by atoms with Crippen LogP contribution < -0.4 is 5.73 Å². The van der Waals surface area contributed by atoms with Crippen molar-refractivity contribution in [1.29, 1.82) is 0 Å². The molecule has 37 heavy (non-hydrogen) atoms. The number of allylic oxidation sites excluding steroid dienone is 2. The average Bonchev–Trinajstić information content (AvgIpc) is 3.39. The minimum Gasteiger partial charge on any atom is -0.388 e. The van der Waals surface area contributed by atoms with E-state index in [4.69, 9.17) is 22.1 Å². The van der Waals surface area contributed by atoms with Crippen molar-refractivity contribution in [3.05, 3.63) is 53.8 Å². The minimum absolute atomic E-state index is 0.0715. The third-order valence-electron chi connectivity index (χ3n) is 10.7. The summed E-state index contributed by atoms with van der Waals surface area (Å²) in [7, 11) is 3.92. The van der Waals surface area contributed by atoms with Gasteiger partial charge in [-0.1, -0.05) is 31.2 Å². The van der Waals surface area contributed by atoms with E-state index in [1.54, 1.807) is 0 Å². The Balaban J connectivity index is 1.29. The van der Waals surface area contributed by atoms with E-state index in [1.165, 1.54) is 11.1 Å². The van der Waals surface area contributed by atoms with Crippen LogP contribution in [-0.4, -0.2) is 68.5 Å². The number of aromatic nitrogens is 1. The summed E-state index contributed by atoms with van der Waals surface area (Å²) in [5.74, 6) is 0.770. The molecule has 4 N–H and O–H groups in total. The van der Waals surface area contributed by atoms with Gasteiger partial charge >= 0.3 is 0 Å². The number of aliphatic hydroxyl groups excluding tert-OH is 2. The molecule has 3 fully saturated rings. The van der Waals surface area contributed by atoms with E-state index < -0.39 is 28.3 Å². The molecule has 0 amide bonds. The highest BCUT2D eigenvalue weighted by molar-refractivity contribution is 6.26. The molecule has 7 rings (SSSR count). The predicted octanol–water partition coefficient (Wildman–Crippen LogP) is 4.28. The summed E-state index contributed by atoms with van der Waals surface area (Å²) in [6.45, 7) is 2.39. The number of aliphatic hydroxyl groups is 2. The SMILES string of the molecule is CN(C)C1CC23CCC4(O2)C2CC=C(c5ccc6cc(N)ncc6c5)C2(C)CCC4(Cl)C=C3C(O)C1O. The lowest BCUT2D eigenvalue weighted by Gasteiger charge is -2.61. The Kier molecular flexibility index (Phi) is 4.94. The molecular formula is C30H36ClN3O3. The van der Waals surface area contributed by atoms with E-state index >= 15 is 0 Å². The van der Waals surface area contributed by atoms with Crippen molar-refractivity contribution in [2.75, 3.05) is 19.8 Å². The Morgan fingerprint density at radius 3 is 2.70 bits per heavy atom. The van der Waals surface area contributed by atoms with Gasteiger partial charge in [-0.25, -0.2) is 4.98 Å². The van der Waals surface area contributed by atoms with Gasteiger partial charge in [-0.05, 0) is 92.3 Å². The second-order valence-corrected chi connectivity index (χ2v) is 13.3. The van der Waals surface area contributed by atoms with Gasteiger partial charge in [0.25, 0.3) is 0 Å². The molecule has 2 aliphatic heterocycles. The molecular weight excluding hydrogens is 486 g/mol. The predicted molar refractivity (Wildman–Crippen MR) is 146 cm³/mol. The van der Waals surface area contributed by atoms with Crippen LogP contribution in [0.3, 0.4) is 0 Å². The number of benzene rings is 1. The van der Waals surface area contributed by atoms with E-state index in [9.17, 15) is 10.2 Å². The van der Waals surface area contributed by atoms with Gasteiger partial charge in [-0.3, -0.25) is 0 Å². The smallest absolute Gasteiger partial charge is 0.123 e. The standard InChI is InChI=1S/C30H36ClN3O3/c1-27-8-10-29(31)14-21-25(35)26(36)22(34(2)3)15-28(21)9-11-30(29,37-28)23(27)7-6-20(27)18-5-4-17-13-24(32)33-16-19(17)12-18/h4-6,12-14,16,22-23,25-26,35-36H,7-11,15H2,1-3H3,(H2,32,33). The first kappa shape index (κ1) is 24.1. The molecule has 2 aromatic rings. The third kappa shape index (κ3) is 2.99. The monoisotopic (exact) mass is 521 g/mol. The first-order chi connectivity index (χ1) is 17.5. The number of pyridine rings is 1. The van der Waals surface area contributed by atoms with Crippen LogP contribution in [0.4, 0.5) is 5.82 Å². The van der Waals surface area contributed by atoms with E-state index in [1.807, 2.05) is 31.3 Å². The van der Waals surface area contributed by atoms with E-state index in [0.717, 1.165) is 48.4 Å². The number of fused-ring (bicyclic) bond motifs is 2. The number of nitrogens with two attached hydrogens (primary N) is 1. The largest absolute Gasteiger partial charge is 0.388 e. The van der Waals surface area contributed by atoms with Gasteiger partial charge in [-0.15, -0.1) is 11.6 Å². The van der Waals surface area contributed by atoms with Gasteiger partial charge in [0.2, 0.25) is 0 Å². The molecule has 196 valence electrons. The highest BCUT2D eigenvalue weighted by Crippen LogP contribution is 2.71. The van der Waals surface area contributed by atoms with Crippen molar-refractivity contribution in [3.63, 3.8) is 0 Å². The van der Waals surface area contributed by atoms with Crippen LogP contribution >= 0.6 is 11.6 Å². The van der Waals surface area contributed by atoms with Crippen LogP contribution in [0.2, 0.25) is 0 Å². The second-order valence-electron chi connectivity index (χ2n) is 12.6. The fourth-order valence-corrected chi connectivity index (χ4v) is 9.23. The molecule has 1 aromatic heterocycles. The number of hydrogen-bond acceptors (Lipinski definition) is 6. The molecule has 2 spiro atoms. The van der Waals surface area contributed by atoms with E-state index in [0.29, 0.717) is 12.2 Å². The molecule has 8 unspecified atom stereocenters. The summed E-state index contributed by atoms with van der Waals surface area (Å²) in [5.41, 5.74) is 8.16. The summed E-state index contributed by atoms with van der Waals surface area (Å²) in [5, 5.41) is 24.4. The molecule has 1 aromatic carbocycles. The van der Waals surface area contributed by atoms with Crippen molar-refractivity contribution in [1.82, 2.24) is 9.88 Å². The molecule has 2 bridgehead atoms. The maximum atomic E-state index is 11.2. The molecule has 6 nitrogen and oxygen atoms in total. The van der Waals surface area contributed by atoms with Gasteiger partial charge in [0.05, 0.1) is 22.2 Å². The Labute approximate surface area is 223 Å². The number of halogens is 1. The van der Waals surface area contributed by atoms with Gasteiger partial charge in [-0.2, -0.15) is 0 Å². The van der Waals surface area contributed by atoms with Crippen molar-refractivity contribution < 1.29 is 14.9 Å². The Hall–Kier alpha value is -1.96. The number of alkyl halides is 1. The van der Waals surface area contributed by atoms with Crippen LogP contribution in [0, 0.1) is 11.3 Å². The molecule has 0 radical (unpaired) electrons. The molecule has 2 saturated carbocycles.